The summed E-state index contributed by atoms with van der Waals surface area (Å²) < 4.78 is 5.92. The summed E-state index contributed by atoms with van der Waals surface area (Å²) in [6.45, 7) is 1.83. The van der Waals surface area contributed by atoms with Gasteiger partial charge in [0.15, 0.2) is 0 Å². The van der Waals surface area contributed by atoms with Crippen LogP contribution < -0.4 is 0 Å². The third-order valence-corrected chi connectivity index (χ3v) is 5.38. The summed E-state index contributed by atoms with van der Waals surface area (Å²) in [6.07, 6.45) is 2.17. The molecule has 6 heteroatoms. The minimum absolute atomic E-state index is 0.174. The average Bonchev–Trinajstić information content (AvgIpc) is 3.30. The van der Waals surface area contributed by atoms with E-state index >= 15 is 0 Å². The van der Waals surface area contributed by atoms with E-state index < -0.39 is 0 Å². The minimum atomic E-state index is 0.174. The zero-order chi connectivity index (χ0) is 15.6. The molecule has 118 valence electrons. The highest BCUT2D eigenvalue weighted by atomic mass is 35.5. The van der Waals surface area contributed by atoms with E-state index in [4.69, 9.17) is 16.0 Å². The molecule has 23 heavy (non-hydrogen) atoms. The quantitative estimate of drug-likeness (QED) is 0.681. The van der Waals surface area contributed by atoms with Crippen LogP contribution in [-0.4, -0.2) is 21.6 Å². The zero-order valence-electron chi connectivity index (χ0n) is 12.5. The number of halogens is 1. The molecule has 0 bridgehead atoms. The molecule has 0 spiro atoms. The molecule has 1 fully saturated rings. The number of likely N-dealkylation sites (tertiary alicyclic amines) is 1. The Labute approximate surface area is 143 Å². The van der Waals surface area contributed by atoms with Crippen LogP contribution in [0.1, 0.15) is 30.3 Å². The van der Waals surface area contributed by atoms with E-state index in [-0.39, 0.29) is 6.04 Å². The van der Waals surface area contributed by atoms with Gasteiger partial charge in [-0.15, -0.1) is 21.5 Å². The molecule has 0 N–H and O–H groups in total. The Morgan fingerprint density at radius 2 is 2.13 bits per heavy atom. The van der Waals surface area contributed by atoms with Gasteiger partial charge in [-0.3, -0.25) is 4.90 Å². The van der Waals surface area contributed by atoms with E-state index in [0.29, 0.717) is 11.8 Å². The van der Waals surface area contributed by atoms with Crippen molar-refractivity contribution >= 4 is 22.9 Å². The zero-order valence-corrected chi connectivity index (χ0v) is 14.1. The summed E-state index contributed by atoms with van der Waals surface area (Å²) in [5.41, 5.74) is 1.14. The van der Waals surface area contributed by atoms with Gasteiger partial charge >= 0.3 is 0 Å². The van der Waals surface area contributed by atoms with Gasteiger partial charge in [0.2, 0.25) is 5.89 Å². The first-order valence-corrected chi connectivity index (χ1v) is 8.92. The predicted molar refractivity (Wildman–Crippen MR) is 91.4 cm³/mol. The first-order chi connectivity index (χ1) is 11.3. The molecule has 4 rings (SSSR count). The smallest absolute Gasteiger partial charge is 0.257 e. The average molecular weight is 346 g/mol. The van der Waals surface area contributed by atoms with Crippen LogP contribution in [0.15, 0.2) is 46.2 Å². The largest absolute Gasteiger partial charge is 0.418 e. The Kier molecular flexibility index (Phi) is 4.16. The maximum atomic E-state index is 6.29. The van der Waals surface area contributed by atoms with Gasteiger partial charge in [-0.25, -0.2) is 0 Å². The number of thiophene rings is 1. The molecule has 1 aliphatic rings. The number of nitrogens with zero attached hydrogens (tertiary/aromatic N) is 3. The fraction of sp³-hybridized carbons (Fsp3) is 0.294. The number of rotatable bonds is 4. The molecular weight excluding hydrogens is 330 g/mol. The Morgan fingerprint density at radius 3 is 2.96 bits per heavy atom. The van der Waals surface area contributed by atoms with E-state index in [1.54, 1.807) is 11.3 Å². The normalized spacial score (nSPS) is 18.6. The summed E-state index contributed by atoms with van der Waals surface area (Å²) in [6, 6.07) is 12.1. The molecule has 1 atom stereocenters. The van der Waals surface area contributed by atoms with Gasteiger partial charge in [-0.2, -0.15) is 0 Å². The predicted octanol–water partition coefficient (Wildman–Crippen LogP) is 4.79. The second-order valence-electron chi connectivity index (χ2n) is 5.64. The summed E-state index contributed by atoms with van der Waals surface area (Å²) >= 11 is 7.90. The Balaban J connectivity index is 1.55. The standard InChI is InChI=1S/C17H16ClN3OS/c18-13-6-2-1-5-12(13)11-21-9-3-7-14(21)16-19-20-17(22-16)15-8-4-10-23-15/h1-2,4-6,8,10,14H,3,7,9,11H2/t14-/m1/s1. The Bertz CT molecular complexity index is 787. The molecule has 1 aromatic carbocycles. The van der Waals surface area contributed by atoms with Crippen LogP contribution in [0.25, 0.3) is 10.8 Å². The lowest BCUT2D eigenvalue weighted by Crippen LogP contribution is -2.23. The Morgan fingerprint density at radius 1 is 1.22 bits per heavy atom. The summed E-state index contributed by atoms with van der Waals surface area (Å²) in [4.78, 5) is 3.38. The van der Waals surface area contributed by atoms with Crippen LogP contribution in [0.2, 0.25) is 5.02 Å². The molecule has 0 aliphatic carbocycles. The second kappa shape index (κ2) is 6.43. The maximum absolute atomic E-state index is 6.29. The van der Waals surface area contributed by atoms with Crippen LogP contribution in [0.3, 0.4) is 0 Å². The van der Waals surface area contributed by atoms with E-state index in [9.17, 15) is 0 Å². The molecule has 3 aromatic rings. The molecule has 1 saturated heterocycles. The fourth-order valence-corrected chi connectivity index (χ4v) is 3.85. The van der Waals surface area contributed by atoms with Gasteiger partial charge in [0, 0.05) is 11.6 Å². The lowest BCUT2D eigenvalue weighted by atomic mass is 10.2. The summed E-state index contributed by atoms with van der Waals surface area (Å²) in [7, 11) is 0. The van der Waals surface area contributed by atoms with Gasteiger partial charge in [0.25, 0.3) is 5.89 Å². The molecule has 2 aromatic heterocycles. The van der Waals surface area contributed by atoms with Crippen LogP contribution in [0.4, 0.5) is 0 Å². The van der Waals surface area contributed by atoms with Crippen molar-refractivity contribution in [3.63, 3.8) is 0 Å². The molecule has 0 saturated carbocycles. The van der Waals surface area contributed by atoms with E-state index in [1.165, 1.54) is 0 Å². The van der Waals surface area contributed by atoms with Gasteiger partial charge in [0.1, 0.15) is 0 Å². The lowest BCUT2D eigenvalue weighted by Gasteiger charge is -2.22. The van der Waals surface area contributed by atoms with Crippen LogP contribution in [0, 0.1) is 0 Å². The number of aromatic nitrogens is 2. The van der Waals surface area contributed by atoms with E-state index in [1.807, 2.05) is 35.7 Å². The lowest BCUT2D eigenvalue weighted by molar-refractivity contribution is 0.215. The summed E-state index contributed by atoms with van der Waals surface area (Å²) in [5, 5.41) is 11.3. The minimum Gasteiger partial charge on any atom is -0.418 e. The topological polar surface area (TPSA) is 42.2 Å². The van der Waals surface area contributed by atoms with Crippen molar-refractivity contribution in [1.82, 2.24) is 15.1 Å². The third-order valence-electron chi connectivity index (χ3n) is 4.15. The third kappa shape index (κ3) is 3.04. The van der Waals surface area contributed by atoms with Crippen molar-refractivity contribution in [1.29, 1.82) is 0 Å². The van der Waals surface area contributed by atoms with Gasteiger partial charge in [0.05, 0.1) is 10.9 Å². The Hall–Kier alpha value is -1.69. The first kappa shape index (κ1) is 14.9. The molecule has 0 amide bonds. The first-order valence-electron chi connectivity index (χ1n) is 7.66. The second-order valence-corrected chi connectivity index (χ2v) is 7.00. The number of benzene rings is 1. The number of hydrogen-bond donors (Lipinski definition) is 0. The van der Waals surface area contributed by atoms with E-state index in [0.717, 1.165) is 41.4 Å². The van der Waals surface area contributed by atoms with Crippen molar-refractivity contribution < 1.29 is 4.42 Å². The summed E-state index contributed by atoms with van der Waals surface area (Å²) in [5.74, 6) is 1.32. The van der Waals surface area contributed by atoms with Crippen LogP contribution in [-0.2, 0) is 6.54 Å². The van der Waals surface area contributed by atoms with Gasteiger partial charge in [-0.05, 0) is 42.5 Å². The van der Waals surface area contributed by atoms with Crippen LogP contribution in [0.5, 0.6) is 0 Å². The number of hydrogen-bond acceptors (Lipinski definition) is 5. The fourth-order valence-electron chi connectivity index (χ4n) is 3.01. The molecule has 0 radical (unpaired) electrons. The van der Waals surface area contributed by atoms with Crippen molar-refractivity contribution in [3.8, 4) is 10.8 Å². The molecule has 1 aliphatic heterocycles. The molecule has 4 nitrogen and oxygen atoms in total. The molecule has 0 unspecified atom stereocenters. The highest BCUT2D eigenvalue weighted by Crippen LogP contribution is 2.35. The SMILES string of the molecule is Clc1ccccc1CN1CCC[C@@H]1c1nnc(-c2cccs2)o1. The van der Waals surface area contributed by atoms with Crippen molar-refractivity contribution in [2.45, 2.75) is 25.4 Å². The highest BCUT2D eigenvalue weighted by Gasteiger charge is 2.31. The van der Waals surface area contributed by atoms with Crippen LogP contribution >= 0.6 is 22.9 Å². The van der Waals surface area contributed by atoms with Gasteiger partial charge < -0.3 is 4.42 Å². The van der Waals surface area contributed by atoms with Crippen molar-refractivity contribution in [3.05, 3.63) is 58.3 Å². The van der Waals surface area contributed by atoms with Crippen molar-refractivity contribution in [2.24, 2.45) is 0 Å². The highest BCUT2D eigenvalue weighted by molar-refractivity contribution is 7.13. The monoisotopic (exact) mass is 345 g/mol. The van der Waals surface area contributed by atoms with E-state index in [2.05, 4.69) is 21.2 Å². The van der Waals surface area contributed by atoms with Crippen molar-refractivity contribution in [2.75, 3.05) is 6.54 Å². The molecular formula is C17H16ClN3OS. The molecule has 3 heterocycles. The van der Waals surface area contributed by atoms with Gasteiger partial charge in [-0.1, -0.05) is 35.9 Å². The maximum Gasteiger partial charge on any atom is 0.257 e.